The normalized spacial score (nSPS) is 10.8. The third kappa shape index (κ3) is 2.97. The molecule has 0 spiro atoms. The van der Waals surface area contributed by atoms with Crippen molar-refractivity contribution in [2.24, 2.45) is 0 Å². The summed E-state index contributed by atoms with van der Waals surface area (Å²) in [5.74, 6) is -0.0685. The van der Waals surface area contributed by atoms with Crippen LogP contribution >= 0.6 is 11.3 Å². The highest BCUT2D eigenvalue weighted by molar-refractivity contribution is 7.21. The number of fused-ring (bicyclic) bond motifs is 1. The summed E-state index contributed by atoms with van der Waals surface area (Å²) in [6.45, 7) is 2.55. The Hall–Kier alpha value is -3.05. The lowest BCUT2D eigenvalue weighted by Gasteiger charge is -2.21. The van der Waals surface area contributed by atoms with E-state index in [4.69, 9.17) is 0 Å². The lowest BCUT2D eigenvalue weighted by Crippen LogP contribution is -2.31. The minimum atomic E-state index is -0.0685. The minimum Gasteiger partial charge on any atom is -0.309 e. The quantitative estimate of drug-likeness (QED) is 0.514. The predicted octanol–water partition coefficient (Wildman–Crippen LogP) is 5.03. The summed E-state index contributed by atoms with van der Waals surface area (Å²) in [5.41, 5.74) is 3.00. The molecule has 0 radical (unpaired) electrons. The number of para-hydroxylation sites is 2. The van der Waals surface area contributed by atoms with Crippen LogP contribution in [0, 0.1) is 0 Å². The van der Waals surface area contributed by atoms with Gasteiger partial charge in [-0.2, -0.15) is 0 Å². The van der Waals surface area contributed by atoms with Crippen molar-refractivity contribution >= 4 is 33.1 Å². The smallest absolute Gasteiger partial charge is 0.260 e. The molecule has 2 aromatic carbocycles. The summed E-state index contributed by atoms with van der Waals surface area (Å²) in [4.78, 5) is 24.2. The van der Waals surface area contributed by atoms with Crippen LogP contribution in [0.5, 0.6) is 0 Å². The zero-order valence-corrected chi connectivity index (χ0v) is 15.1. The van der Waals surface area contributed by atoms with Gasteiger partial charge in [-0.25, -0.2) is 4.98 Å². The van der Waals surface area contributed by atoms with E-state index in [2.05, 4.69) is 9.97 Å². The number of benzene rings is 2. The molecule has 0 bridgehead atoms. The Morgan fingerprint density at radius 3 is 2.54 bits per heavy atom. The van der Waals surface area contributed by atoms with E-state index in [9.17, 15) is 4.79 Å². The van der Waals surface area contributed by atoms with Crippen molar-refractivity contribution in [2.45, 2.75) is 6.92 Å². The fraction of sp³-hybridized carbons (Fsp3) is 0.0952. The summed E-state index contributed by atoms with van der Waals surface area (Å²) < 4.78 is 1.09. The maximum absolute atomic E-state index is 13.2. The molecule has 4 aromatic rings. The van der Waals surface area contributed by atoms with Gasteiger partial charge in [0.05, 0.1) is 15.8 Å². The fourth-order valence-corrected chi connectivity index (χ4v) is 3.90. The number of hydrogen-bond donors (Lipinski definition) is 0. The molecule has 0 saturated heterocycles. The molecule has 0 saturated carbocycles. The van der Waals surface area contributed by atoms with Crippen LogP contribution in [0.3, 0.4) is 0 Å². The molecule has 4 nitrogen and oxygen atoms in total. The highest BCUT2D eigenvalue weighted by atomic mass is 32.1. The first-order chi connectivity index (χ1) is 12.8. The van der Waals surface area contributed by atoms with Gasteiger partial charge in [-0.3, -0.25) is 9.78 Å². The monoisotopic (exact) mass is 359 g/mol. The number of hydrogen-bond acceptors (Lipinski definition) is 4. The van der Waals surface area contributed by atoms with Crippen molar-refractivity contribution < 1.29 is 4.79 Å². The highest BCUT2D eigenvalue weighted by Gasteiger charge is 2.22. The average molecular weight is 359 g/mol. The van der Waals surface area contributed by atoms with Gasteiger partial charge < -0.3 is 4.90 Å². The van der Waals surface area contributed by atoms with Crippen LogP contribution in [0.1, 0.15) is 17.3 Å². The first kappa shape index (κ1) is 16.4. The zero-order chi connectivity index (χ0) is 17.9. The molecule has 0 N–H and O–H groups in total. The van der Waals surface area contributed by atoms with Crippen LogP contribution in [0.2, 0.25) is 0 Å². The second-order valence-electron chi connectivity index (χ2n) is 5.77. The number of thiazole rings is 1. The summed E-state index contributed by atoms with van der Waals surface area (Å²) in [6.07, 6.45) is 1.71. The molecule has 26 heavy (non-hydrogen) atoms. The zero-order valence-electron chi connectivity index (χ0n) is 14.3. The predicted molar refractivity (Wildman–Crippen MR) is 107 cm³/mol. The average Bonchev–Trinajstić information content (AvgIpc) is 3.13. The van der Waals surface area contributed by atoms with Crippen LogP contribution in [-0.2, 0) is 0 Å². The van der Waals surface area contributed by atoms with E-state index in [1.807, 2.05) is 67.6 Å². The number of aromatic nitrogens is 2. The molecule has 0 fully saturated rings. The summed E-state index contributed by atoms with van der Waals surface area (Å²) in [6, 6.07) is 21.3. The fourth-order valence-electron chi connectivity index (χ4n) is 2.92. The number of carbonyl (C=O) groups excluding carboxylic acids is 1. The van der Waals surface area contributed by atoms with Crippen LogP contribution in [0.25, 0.3) is 20.9 Å². The van der Waals surface area contributed by atoms with E-state index in [1.54, 1.807) is 28.5 Å². The van der Waals surface area contributed by atoms with Crippen molar-refractivity contribution in [3.05, 3.63) is 78.5 Å². The summed E-state index contributed by atoms with van der Waals surface area (Å²) >= 11 is 1.55. The number of rotatable bonds is 4. The van der Waals surface area contributed by atoms with Crippen molar-refractivity contribution in [1.82, 2.24) is 9.97 Å². The second-order valence-corrected chi connectivity index (χ2v) is 6.80. The first-order valence-corrected chi connectivity index (χ1v) is 9.27. The first-order valence-electron chi connectivity index (χ1n) is 8.46. The lowest BCUT2D eigenvalue weighted by atomic mass is 10.1. The van der Waals surface area contributed by atoms with Crippen molar-refractivity contribution in [3.8, 4) is 10.7 Å². The molecule has 2 aromatic heterocycles. The van der Waals surface area contributed by atoms with Gasteiger partial charge in [-0.1, -0.05) is 30.3 Å². The Bertz CT molecular complexity index is 1030. The van der Waals surface area contributed by atoms with Crippen LogP contribution in [-0.4, -0.2) is 22.4 Å². The van der Waals surface area contributed by atoms with Gasteiger partial charge in [0.15, 0.2) is 0 Å². The minimum absolute atomic E-state index is 0.0685. The number of carbonyl (C=O) groups is 1. The lowest BCUT2D eigenvalue weighted by molar-refractivity contribution is 0.0988. The van der Waals surface area contributed by atoms with E-state index in [1.165, 1.54) is 0 Å². The Morgan fingerprint density at radius 2 is 1.77 bits per heavy atom. The summed E-state index contributed by atoms with van der Waals surface area (Å²) in [5, 5.41) is 0.763. The van der Waals surface area contributed by atoms with Gasteiger partial charge >= 0.3 is 0 Å². The van der Waals surface area contributed by atoms with Gasteiger partial charge in [0.25, 0.3) is 5.91 Å². The Morgan fingerprint density at radius 1 is 1.00 bits per heavy atom. The molecule has 0 atom stereocenters. The van der Waals surface area contributed by atoms with Gasteiger partial charge in [0, 0.05) is 18.4 Å². The van der Waals surface area contributed by atoms with E-state index in [0.717, 1.165) is 20.9 Å². The third-order valence-corrected chi connectivity index (χ3v) is 5.21. The van der Waals surface area contributed by atoms with Crippen molar-refractivity contribution in [3.63, 3.8) is 0 Å². The van der Waals surface area contributed by atoms with Crippen molar-refractivity contribution in [2.75, 3.05) is 11.4 Å². The molecule has 128 valence electrons. The second kappa shape index (κ2) is 7.06. The van der Waals surface area contributed by atoms with Crippen LogP contribution < -0.4 is 4.90 Å². The summed E-state index contributed by atoms with van der Waals surface area (Å²) in [7, 11) is 0. The van der Waals surface area contributed by atoms with Gasteiger partial charge in [-0.05, 0) is 43.3 Å². The Balaban J connectivity index is 1.79. The molecule has 5 heteroatoms. The molecule has 2 heterocycles. The van der Waals surface area contributed by atoms with Gasteiger partial charge in [0.2, 0.25) is 0 Å². The van der Waals surface area contributed by atoms with Crippen molar-refractivity contribution in [1.29, 1.82) is 0 Å². The highest BCUT2D eigenvalue weighted by Crippen LogP contribution is 2.31. The molecular formula is C21H17N3OS. The molecular weight excluding hydrogens is 342 g/mol. The maximum Gasteiger partial charge on any atom is 0.260 e. The number of pyridine rings is 1. The largest absolute Gasteiger partial charge is 0.309 e. The molecule has 4 rings (SSSR count). The number of amides is 1. The van der Waals surface area contributed by atoms with E-state index < -0.39 is 0 Å². The van der Waals surface area contributed by atoms with Crippen LogP contribution in [0.15, 0.2) is 72.9 Å². The van der Waals surface area contributed by atoms with E-state index in [-0.39, 0.29) is 5.91 Å². The third-order valence-electron chi connectivity index (χ3n) is 4.16. The SMILES string of the molecule is CCN(C(=O)c1cccnc1-c1nc2ccccc2s1)c1ccccc1. The standard InChI is InChI=1S/C21H17N3OS/c1-2-24(15-9-4-3-5-10-15)21(25)16-11-8-14-22-19(16)20-23-17-12-6-7-13-18(17)26-20/h3-14H,2H2,1H3. The molecule has 0 aliphatic carbocycles. The number of anilines is 1. The van der Waals surface area contributed by atoms with E-state index in [0.29, 0.717) is 17.8 Å². The van der Waals surface area contributed by atoms with Crippen LogP contribution in [0.4, 0.5) is 5.69 Å². The molecule has 0 unspecified atom stereocenters. The maximum atomic E-state index is 13.2. The Labute approximate surface area is 155 Å². The Kier molecular flexibility index (Phi) is 4.46. The van der Waals surface area contributed by atoms with Gasteiger partial charge in [-0.15, -0.1) is 11.3 Å². The molecule has 0 aliphatic heterocycles. The number of nitrogens with zero attached hydrogens (tertiary/aromatic N) is 3. The van der Waals surface area contributed by atoms with Gasteiger partial charge in [0.1, 0.15) is 10.7 Å². The topological polar surface area (TPSA) is 46.1 Å². The van der Waals surface area contributed by atoms with E-state index >= 15 is 0 Å². The molecule has 0 aliphatic rings. The molecule has 1 amide bonds.